The van der Waals surface area contributed by atoms with Gasteiger partial charge in [0.1, 0.15) is 5.75 Å². The maximum atomic E-state index is 10.4. The Balaban J connectivity index is 1.64. The Kier molecular flexibility index (Phi) is 3.51. The smallest absolute Gasteiger partial charge is 0.217 e. The third-order valence-corrected chi connectivity index (χ3v) is 5.85. The monoisotopic (exact) mass is 380 g/mol. The maximum absolute atomic E-state index is 10.4. The third kappa shape index (κ3) is 2.43. The number of hydrogen-bond acceptors (Lipinski definition) is 7. The summed E-state index contributed by atoms with van der Waals surface area (Å²) in [4.78, 5) is 1.10. The van der Waals surface area contributed by atoms with Crippen LogP contribution in [0.15, 0.2) is 59.0 Å². The molecule has 27 heavy (non-hydrogen) atoms. The van der Waals surface area contributed by atoms with Gasteiger partial charge in [0.2, 0.25) is 12.0 Å². The highest BCUT2D eigenvalue weighted by Gasteiger charge is 2.42. The molecular weight excluding hydrogens is 364 g/mol. The molecule has 3 heterocycles. The Morgan fingerprint density at radius 3 is 2.63 bits per heavy atom. The fraction of sp³-hybridized carbons (Fsp3) is 0.150. The van der Waals surface area contributed by atoms with Crippen LogP contribution in [-0.4, -0.2) is 26.0 Å². The summed E-state index contributed by atoms with van der Waals surface area (Å²) in [5.74, 6) is -0.627. The lowest BCUT2D eigenvalue weighted by Crippen LogP contribution is -2.33. The summed E-state index contributed by atoms with van der Waals surface area (Å²) in [6.45, 7) is 0. The van der Waals surface area contributed by atoms with Crippen molar-refractivity contribution in [2.75, 3.05) is 0 Å². The average molecular weight is 380 g/mol. The minimum absolute atomic E-state index is 0.0348. The summed E-state index contributed by atoms with van der Waals surface area (Å²) in [6, 6.07) is 14.6. The van der Waals surface area contributed by atoms with E-state index >= 15 is 0 Å². The molecule has 0 radical (unpaired) electrons. The van der Waals surface area contributed by atoms with Crippen LogP contribution in [0, 0.1) is 0 Å². The van der Waals surface area contributed by atoms with Crippen LogP contribution in [0.1, 0.15) is 34.7 Å². The summed E-state index contributed by atoms with van der Waals surface area (Å²) in [5, 5.41) is 38.6. The van der Waals surface area contributed by atoms with E-state index in [1.165, 1.54) is 6.07 Å². The molecule has 0 spiro atoms. The maximum Gasteiger partial charge on any atom is 0.217 e. The van der Waals surface area contributed by atoms with E-state index < -0.39 is 17.7 Å². The number of aromatic hydroxyl groups is 3. The van der Waals surface area contributed by atoms with Crippen molar-refractivity contribution in [1.29, 1.82) is 0 Å². The lowest BCUT2D eigenvalue weighted by Gasteiger charge is -2.38. The highest BCUT2D eigenvalue weighted by molar-refractivity contribution is 7.12. The Labute approximate surface area is 159 Å². The fourth-order valence-electron chi connectivity index (χ4n) is 3.61. The number of hydrogen-bond donors (Lipinski definition) is 3. The first kappa shape index (κ1) is 16.0. The van der Waals surface area contributed by atoms with Crippen LogP contribution in [0.4, 0.5) is 0 Å². The molecule has 1 aromatic heterocycles. The van der Waals surface area contributed by atoms with Gasteiger partial charge < -0.3 is 20.1 Å². The Bertz CT molecular complexity index is 1050. The molecule has 3 N–H and O–H groups in total. The van der Waals surface area contributed by atoms with Gasteiger partial charge in [-0.05, 0) is 29.6 Å². The van der Waals surface area contributed by atoms with E-state index in [0.29, 0.717) is 5.56 Å². The molecule has 136 valence electrons. The van der Waals surface area contributed by atoms with Crippen molar-refractivity contribution in [3.63, 3.8) is 0 Å². The van der Waals surface area contributed by atoms with E-state index in [1.807, 2.05) is 46.8 Å². The average Bonchev–Trinajstić information content (AvgIpc) is 3.35. The van der Waals surface area contributed by atoms with Crippen LogP contribution in [-0.2, 0) is 0 Å². The minimum Gasteiger partial charge on any atom is -0.504 e. The SMILES string of the molecule is Oc1ccc([C@@H]2Oc3ccccc3[C@@H]3CC(c4cccs4)=NN32)c(O)c1O. The van der Waals surface area contributed by atoms with Crippen molar-refractivity contribution in [2.24, 2.45) is 5.10 Å². The zero-order valence-electron chi connectivity index (χ0n) is 14.1. The van der Waals surface area contributed by atoms with Crippen LogP contribution in [0.25, 0.3) is 0 Å². The highest BCUT2D eigenvalue weighted by atomic mass is 32.1. The topological polar surface area (TPSA) is 85.5 Å². The van der Waals surface area contributed by atoms with E-state index in [-0.39, 0.29) is 11.8 Å². The van der Waals surface area contributed by atoms with Crippen LogP contribution in [0.5, 0.6) is 23.0 Å². The molecule has 3 aromatic rings. The molecule has 2 atom stereocenters. The van der Waals surface area contributed by atoms with Gasteiger partial charge in [-0.3, -0.25) is 0 Å². The van der Waals surface area contributed by atoms with E-state index in [2.05, 4.69) is 0 Å². The summed E-state index contributed by atoms with van der Waals surface area (Å²) in [6.07, 6.45) is 0.0104. The second-order valence-electron chi connectivity index (χ2n) is 6.50. The number of nitrogens with zero attached hydrogens (tertiary/aromatic N) is 2. The first-order chi connectivity index (χ1) is 13.1. The second-order valence-corrected chi connectivity index (χ2v) is 7.45. The molecule has 0 aliphatic carbocycles. The van der Waals surface area contributed by atoms with Gasteiger partial charge in [0.25, 0.3) is 0 Å². The van der Waals surface area contributed by atoms with Gasteiger partial charge in [0, 0.05) is 12.0 Å². The van der Waals surface area contributed by atoms with Gasteiger partial charge in [-0.15, -0.1) is 11.3 Å². The number of rotatable bonds is 2. The van der Waals surface area contributed by atoms with Crippen LogP contribution >= 0.6 is 11.3 Å². The van der Waals surface area contributed by atoms with Crippen LogP contribution in [0.3, 0.4) is 0 Å². The summed E-state index contributed by atoms with van der Waals surface area (Å²) in [5.41, 5.74) is 2.34. The van der Waals surface area contributed by atoms with Gasteiger partial charge >= 0.3 is 0 Å². The molecule has 0 amide bonds. The van der Waals surface area contributed by atoms with Crippen molar-refractivity contribution in [2.45, 2.75) is 18.7 Å². The molecular formula is C20H16N2O4S. The van der Waals surface area contributed by atoms with Crippen molar-refractivity contribution in [3.8, 4) is 23.0 Å². The lowest BCUT2D eigenvalue weighted by atomic mass is 9.97. The molecule has 2 aliphatic rings. The van der Waals surface area contributed by atoms with Crippen molar-refractivity contribution in [3.05, 3.63) is 69.9 Å². The molecule has 0 fully saturated rings. The molecule has 0 bridgehead atoms. The van der Waals surface area contributed by atoms with Crippen molar-refractivity contribution in [1.82, 2.24) is 5.01 Å². The number of phenolic OH excluding ortho intramolecular Hbond substituents is 3. The molecule has 6 nitrogen and oxygen atoms in total. The van der Waals surface area contributed by atoms with Crippen LogP contribution < -0.4 is 4.74 Å². The molecule has 0 unspecified atom stereocenters. The van der Waals surface area contributed by atoms with Crippen LogP contribution in [0.2, 0.25) is 0 Å². The number of thiophene rings is 1. The quantitative estimate of drug-likeness (QED) is 0.583. The van der Waals surface area contributed by atoms with Crippen molar-refractivity contribution >= 4 is 17.0 Å². The standard InChI is InChI=1S/C20H16N2O4S/c23-15-8-7-12(18(24)19(15)25)20-22-14(11-4-1-2-5-16(11)26-20)10-13(21-22)17-6-3-9-27-17/h1-9,14,20,23-25H,10H2/t14-,20-/m0/s1. The number of ether oxygens (including phenoxy) is 1. The summed E-state index contributed by atoms with van der Waals surface area (Å²) in [7, 11) is 0. The summed E-state index contributed by atoms with van der Waals surface area (Å²) < 4.78 is 6.14. The van der Waals surface area contributed by atoms with E-state index in [1.54, 1.807) is 17.4 Å². The van der Waals surface area contributed by atoms with Gasteiger partial charge in [0.15, 0.2) is 11.5 Å². The largest absolute Gasteiger partial charge is 0.504 e. The lowest BCUT2D eigenvalue weighted by molar-refractivity contribution is -0.0205. The Morgan fingerprint density at radius 1 is 0.963 bits per heavy atom. The minimum atomic E-state index is -0.714. The molecule has 0 saturated carbocycles. The zero-order valence-corrected chi connectivity index (χ0v) is 14.9. The number of benzene rings is 2. The van der Waals surface area contributed by atoms with Gasteiger partial charge in [-0.2, -0.15) is 5.10 Å². The van der Waals surface area contributed by atoms with E-state index in [4.69, 9.17) is 9.84 Å². The van der Waals surface area contributed by atoms with Gasteiger partial charge in [-0.1, -0.05) is 24.3 Å². The highest BCUT2D eigenvalue weighted by Crippen LogP contribution is 2.50. The van der Waals surface area contributed by atoms with E-state index in [0.717, 1.165) is 28.3 Å². The van der Waals surface area contributed by atoms with E-state index in [9.17, 15) is 15.3 Å². The summed E-state index contributed by atoms with van der Waals surface area (Å²) >= 11 is 1.63. The molecule has 5 rings (SSSR count). The van der Waals surface area contributed by atoms with Gasteiger partial charge in [0.05, 0.1) is 22.2 Å². The number of phenols is 3. The molecule has 0 saturated heterocycles. The first-order valence-electron chi connectivity index (χ1n) is 8.52. The number of para-hydroxylation sites is 1. The predicted octanol–water partition coefficient (Wildman–Crippen LogP) is 4.11. The first-order valence-corrected chi connectivity index (χ1v) is 9.40. The van der Waals surface area contributed by atoms with Gasteiger partial charge in [-0.25, -0.2) is 5.01 Å². The number of hydrazone groups is 1. The van der Waals surface area contributed by atoms with Crippen molar-refractivity contribution < 1.29 is 20.1 Å². The normalized spacial score (nSPS) is 20.6. The third-order valence-electron chi connectivity index (χ3n) is 4.93. The molecule has 7 heteroatoms. The predicted molar refractivity (Wildman–Crippen MR) is 101 cm³/mol. The molecule has 2 aromatic carbocycles. The molecule has 2 aliphatic heterocycles. The second kappa shape index (κ2) is 5.92. The Morgan fingerprint density at radius 2 is 1.81 bits per heavy atom. The zero-order chi connectivity index (χ0) is 18.5. The Hall–Kier alpha value is -3.19. The fourth-order valence-corrected chi connectivity index (χ4v) is 4.34. The number of fused-ring (bicyclic) bond motifs is 3.